The number of fused-ring (bicyclic) bond motifs is 2. The van der Waals surface area contributed by atoms with Crippen LogP contribution in [0.5, 0.6) is 0 Å². The summed E-state index contributed by atoms with van der Waals surface area (Å²) in [5.74, 6) is 5.83. The van der Waals surface area contributed by atoms with Gasteiger partial charge >= 0.3 is 0 Å². The molecule has 0 saturated heterocycles. The molecule has 1 aromatic carbocycles. The van der Waals surface area contributed by atoms with Crippen LogP contribution >= 0.6 is 0 Å². The van der Waals surface area contributed by atoms with E-state index < -0.39 is 0 Å². The molecule has 3 heteroatoms. The Morgan fingerprint density at radius 3 is 2.64 bits per heavy atom. The number of para-hydroxylation sites is 1. The van der Waals surface area contributed by atoms with Gasteiger partial charge in [0, 0.05) is 0 Å². The number of hydrogen-bond acceptors (Lipinski definition) is 2. The highest BCUT2D eigenvalue weighted by molar-refractivity contribution is 6.07. The van der Waals surface area contributed by atoms with Crippen LogP contribution in [0.15, 0.2) is 24.3 Å². The van der Waals surface area contributed by atoms with E-state index in [0.29, 0.717) is 0 Å². The fraction of sp³-hybridized carbons (Fsp3) is 0.364. The minimum absolute atomic E-state index is 0.0740. The van der Waals surface area contributed by atoms with Crippen molar-refractivity contribution in [3.8, 4) is 0 Å². The summed E-state index contributed by atoms with van der Waals surface area (Å²) in [5, 5.41) is 1.31. The summed E-state index contributed by atoms with van der Waals surface area (Å²) in [7, 11) is 0. The van der Waals surface area contributed by atoms with Gasteiger partial charge in [-0.1, -0.05) is 24.6 Å². The molecule has 14 heavy (non-hydrogen) atoms. The number of anilines is 1. The number of carbonyl (C=O) groups excluding carboxylic acids is 1. The quantitative estimate of drug-likeness (QED) is 0.493. The standard InChI is InChI=1S/C11H12N2O/c12-13-9-5-2-1-4-8(9)11(10(13)14)6-3-7-11/h1-2,4-5H,3,6-7,12H2. The third-order valence-electron chi connectivity index (χ3n) is 3.51. The van der Waals surface area contributed by atoms with Crippen molar-refractivity contribution in [2.24, 2.45) is 5.84 Å². The molecule has 72 valence electrons. The highest BCUT2D eigenvalue weighted by Gasteiger charge is 2.53. The van der Waals surface area contributed by atoms with E-state index >= 15 is 0 Å². The molecular formula is C11H12N2O. The lowest BCUT2D eigenvalue weighted by molar-refractivity contribution is -0.126. The lowest BCUT2D eigenvalue weighted by atomic mass is 9.65. The number of hydrazine groups is 1. The molecule has 2 aliphatic rings. The largest absolute Gasteiger partial charge is 0.272 e. The number of carbonyl (C=O) groups is 1. The van der Waals surface area contributed by atoms with Crippen molar-refractivity contribution >= 4 is 11.6 Å². The molecule has 1 fully saturated rings. The van der Waals surface area contributed by atoms with Crippen molar-refractivity contribution in [3.05, 3.63) is 29.8 Å². The number of nitrogens with two attached hydrogens (primary N) is 1. The lowest BCUT2D eigenvalue weighted by Crippen LogP contribution is -2.47. The summed E-state index contributed by atoms with van der Waals surface area (Å²) in [6.07, 6.45) is 3.04. The molecule has 1 spiro atoms. The van der Waals surface area contributed by atoms with E-state index in [2.05, 4.69) is 0 Å². The number of amides is 1. The Labute approximate surface area is 82.5 Å². The third kappa shape index (κ3) is 0.700. The SMILES string of the molecule is NN1C(=O)C2(CCC2)c2ccccc21. The molecule has 3 rings (SSSR count). The first kappa shape index (κ1) is 8.00. The average Bonchev–Trinajstić information content (AvgIpc) is 2.37. The van der Waals surface area contributed by atoms with E-state index in [1.807, 2.05) is 24.3 Å². The van der Waals surface area contributed by atoms with Gasteiger partial charge in [-0.25, -0.2) is 10.9 Å². The minimum Gasteiger partial charge on any atom is -0.272 e. The molecule has 1 saturated carbocycles. The van der Waals surface area contributed by atoms with Crippen LogP contribution in [0.2, 0.25) is 0 Å². The van der Waals surface area contributed by atoms with Crippen LogP contribution < -0.4 is 10.9 Å². The van der Waals surface area contributed by atoms with E-state index in [1.54, 1.807) is 0 Å². The monoisotopic (exact) mass is 188 g/mol. The van der Waals surface area contributed by atoms with Gasteiger partial charge in [-0.2, -0.15) is 0 Å². The summed E-state index contributed by atoms with van der Waals surface area (Å²) in [5.41, 5.74) is 1.75. The van der Waals surface area contributed by atoms with Crippen LogP contribution in [-0.4, -0.2) is 5.91 Å². The van der Waals surface area contributed by atoms with Gasteiger partial charge in [-0.05, 0) is 24.5 Å². The second-order valence-corrected chi connectivity index (χ2v) is 4.13. The molecule has 0 bridgehead atoms. The van der Waals surface area contributed by atoms with E-state index in [4.69, 9.17) is 5.84 Å². The number of benzene rings is 1. The predicted molar refractivity (Wildman–Crippen MR) is 53.6 cm³/mol. The first-order chi connectivity index (χ1) is 6.76. The molecular weight excluding hydrogens is 176 g/mol. The maximum Gasteiger partial charge on any atom is 0.251 e. The fourth-order valence-electron chi connectivity index (χ4n) is 2.56. The van der Waals surface area contributed by atoms with E-state index in [1.165, 1.54) is 5.01 Å². The fourth-order valence-corrected chi connectivity index (χ4v) is 2.56. The van der Waals surface area contributed by atoms with E-state index in [0.717, 1.165) is 30.5 Å². The van der Waals surface area contributed by atoms with Gasteiger partial charge in [-0.3, -0.25) is 4.79 Å². The smallest absolute Gasteiger partial charge is 0.251 e. The Kier molecular flexibility index (Phi) is 1.35. The normalized spacial score (nSPS) is 22.4. The zero-order chi connectivity index (χ0) is 9.76. The predicted octanol–water partition coefficient (Wildman–Crippen LogP) is 1.33. The van der Waals surface area contributed by atoms with Crippen molar-refractivity contribution in [1.29, 1.82) is 0 Å². The number of hydrogen-bond donors (Lipinski definition) is 1. The highest BCUT2D eigenvalue weighted by Crippen LogP contribution is 2.52. The molecule has 1 heterocycles. The van der Waals surface area contributed by atoms with Crippen LogP contribution in [-0.2, 0) is 10.2 Å². The molecule has 0 aromatic heterocycles. The summed E-state index contributed by atoms with van der Waals surface area (Å²) in [4.78, 5) is 12.0. The van der Waals surface area contributed by atoms with Crippen LogP contribution in [0.3, 0.4) is 0 Å². The van der Waals surface area contributed by atoms with Gasteiger partial charge in [0.15, 0.2) is 0 Å². The molecule has 1 aliphatic heterocycles. The van der Waals surface area contributed by atoms with Gasteiger partial charge in [0.1, 0.15) is 0 Å². The van der Waals surface area contributed by atoms with Gasteiger partial charge < -0.3 is 0 Å². The molecule has 0 radical (unpaired) electrons. The Morgan fingerprint density at radius 2 is 2.00 bits per heavy atom. The topological polar surface area (TPSA) is 46.3 Å². The maximum absolute atomic E-state index is 12.0. The van der Waals surface area contributed by atoms with Crippen molar-refractivity contribution in [2.45, 2.75) is 24.7 Å². The van der Waals surface area contributed by atoms with Crippen LogP contribution in [0.1, 0.15) is 24.8 Å². The first-order valence-corrected chi connectivity index (χ1v) is 4.94. The van der Waals surface area contributed by atoms with Gasteiger partial charge in [0.05, 0.1) is 11.1 Å². The number of rotatable bonds is 0. The maximum atomic E-state index is 12.0. The van der Waals surface area contributed by atoms with E-state index in [-0.39, 0.29) is 11.3 Å². The third-order valence-corrected chi connectivity index (χ3v) is 3.51. The summed E-state index contributed by atoms with van der Waals surface area (Å²) in [6.45, 7) is 0. The van der Waals surface area contributed by atoms with E-state index in [9.17, 15) is 4.79 Å². The van der Waals surface area contributed by atoms with Gasteiger partial charge in [0.25, 0.3) is 5.91 Å². The second-order valence-electron chi connectivity index (χ2n) is 4.13. The summed E-state index contributed by atoms with van der Waals surface area (Å²) in [6, 6.07) is 7.84. The highest BCUT2D eigenvalue weighted by atomic mass is 16.2. The Morgan fingerprint density at radius 1 is 1.29 bits per heavy atom. The number of nitrogens with zero attached hydrogens (tertiary/aromatic N) is 1. The first-order valence-electron chi connectivity index (χ1n) is 4.94. The Balaban J connectivity index is 2.23. The molecule has 0 unspecified atom stereocenters. The van der Waals surface area contributed by atoms with Crippen LogP contribution in [0, 0.1) is 0 Å². The zero-order valence-corrected chi connectivity index (χ0v) is 7.86. The molecule has 1 aromatic rings. The molecule has 1 amide bonds. The Bertz CT molecular complexity index is 410. The average molecular weight is 188 g/mol. The van der Waals surface area contributed by atoms with Gasteiger partial charge in [-0.15, -0.1) is 0 Å². The second kappa shape index (κ2) is 2.36. The van der Waals surface area contributed by atoms with Gasteiger partial charge in [0.2, 0.25) is 0 Å². The van der Waals surface area contributed by atoms with Crippen molar-refractivity contribution < 1.29 is 4.79 Å². The lowest BCUT2D eigenvalue weighted by Gasteiger charge is -2.36. The van der Waals surface area contributed by atoms with Crippen LogP contribution in [0.25, 0.3) is 0 Å². The zero-order valence-electron chi connectivity index (χ0n) is 7.86. The van der Waals surface area contributed by atoms with Crippen molar-refractivity contribution in [2.75, 3.05) is 5.01 Å². The molecule has 1 aliphatic carbocycles. The van der Waals surface area contributed by atoms with Crippen molar-refractivity contribution in [3.63, 3.8) is 0 Å². The summed E-state index contributed by atoms with van der Waals surface area (Å²) >= 11 is 0. The minimum atomic E-state index is -0.259. The Hall–Kier alpha value is -1.35. The molecule has 2 N–H and O–H groups in total. The molecule has 0 atom stereocenters. The summed E-state index contributed by atoms with van der Waals surface area (Å²) < 4.78 is 0. The molecule has 3 nitrogen and oxygen atoms in total. The van der Waals surface area contributed by atoms with Crippen LogP contribution in [0.4, 0.5) is 5.69 Å². The van der Waals surface area contributed by atoms with Crippen molar-refractivity contribution in [1.82, 2.24) is 0 Å².